The molecule has 0 aliphatic heterocycles. The predicted molar refractivity (Wildman–Crippen MR) is 113 cm³/mol. The van der Waals surface area contributed by atoms with E-state index in [0.29, 0.717) is 6.42 Å². The van der Waals surface area contributed by atoms with E-state index in [1.807, 2.05) is 60.9 Å². The number of hydrogen-bond acceptors (Lipinski definition) is 2. The molecule has 0 bridgehead atoms. The van der Waals surface area contributed by atoms with E-state index in [4.69, 9.17) is 4.98 Å². The summed E-state index contributed by atoms with van der Waals surface area (Å²) in [6, 6.07) is 30.5. The zero-order valence-electron chi connectivity index (χ0n) is 15.8. The normalized spacial score (nSPS) is 11.9. The molecule has 3 aromatic carbocycles. The van der Waals surface area contributed by atoms with Gasteiger partial charge in [0.1, 0.15) is 5.78 Å². The summed E-state index contributed by atoms with van der Waals surface area (Å²) < 4.78 is 2.15. The molecule has 0 saturated carbocycles. The first-order valence-corrected chi connectivity index (χ1v) is 9.46. The monoisotopic (exact) mass is 366 g/mol. The molecule has 1 aromatic heterocycles. The molecular formula is C25H22N2O. The van der Waals surface area contributed by atoms with Crippen LogP contribution in [0.25, 0.3) is 22.5 Å². The fourth-order valence-corrected chi connectivity index (χ4v) is 3.61. The summed E-state index contributed by atoms with van der Waals surface area (Å²) in [7, 11) is 0. The van der Waals surface area contributed by atoms with Crippen LogP contribution in [0.1, 0.15) is 24.9 Å². The number of aromatic nitrogens is 2. The molecule has 0 fully saturated rings. The van der Waals surface area contributed by atoms with E-state index in [9.17, 15) is 4.79 Å². The number of carbonyl (C=O) groups excluding carboxylic acids is 1. The van der Waals surface area contributed by atoms with Crippen LogP contribution in [0.4, 0.5) is 0 Å². The molecule has 1 unspecified atom stereocenters. The lowest BCUT2D eigenvalue weighted by Gasteiger charge is -2.21. The number of imidazole rings is 1. The van der Waals surface area contributed by atoms with E-state index in [1.165, 1.54) is 0 Å². The molecule has 3 heteroatoms. The van der Waals surface area contributed by atoms with Crippen molar-refractivity contribution in [1.29, 1.82) is 0 Å². The molecule has 0 spiro atoms. The summed E-state index contributed by atoms with van der Waals surface area (Å²) in [4.78, 5) is 16.9. The van der Waals surface area contributed by atoms with Crippen molar-refractivity contribution in [2.75, 3.05) is 0 Å². The summed E-state index contributed by atoms with van der Waals surface area (Å²) in [6.07, 6.45) is 2.29. The van der Waals surface area contributed by atoms with Gasteiger partial charge in [-0.05, 0) is 12.5 Å². The Morgan fingerprint density at radius 1 is 0.821 bits per heavy atom. The summed E-state index contributed by atoms with van der Waals surface area (Å²) in [5.41, 5.74) is 5.21. The van der Waals surface area contributed by atoms with Gasteiger partial charge < -0.3 is 4.57 Å². The molecule has 0 N–H and O–H groups in total. The quantitative estimate of drug-likeness (QED) is 0.433. The van der Waals surface area contributed by atoms with Crippen LogP contribution >= 0.6 is 0 Å². The van der Waals surface area contributed by atoms with Crippen LogP contribution in [0.2, 0.25) is 0 Å². The van der Waals surface area contributed by atoms with Crippen molar-refractivity contribution in [3.63, 3.8) is 0 Å². The molecule has 4 rings (SSSR count). The molecule has 1 heterocycles. The van der Waals surface area contributed by atoms with E-state index in [-0.39, 0.29) is 11.8 Å². The highest BCUT2D eigenvalue weighted by Crippen LogP contribution is 2.36. The van der Waals surface area contributed by atoms with Crippen molar-refractivity contribution in [2.24, 2.45) is 0 Å². The van der Waals surface area contributed by atoms with Crippen LogP contribution in [0, 0.1) is 0 Å². The van der Waals surface area contributed by atoms with E-state index in [2.05, 4.69) is 41.0 Å². The average Bonchev–Trinajstić information content (AvgIpc) is 3.18. The lowest BCUT2D eigenvalue weighted by atomic mass is 9.99. The molecular weight excluding hydrogens is 344 g/mol. The number of carbonyl (C=O) groups is 1. The second kappa shape index (κ2) is 8.05. The van der Waals surface area contributed by atoms with Gasteiger partial charge in [-0.15, -0.1) is 0 Å². The number of benzene rings is 3. The van der Waals surface area contributed by atoms with E-state index < -0.39 is 0 Å². The Hall–Kier alpha value is -3.46. The maximum atomic E-state index is 12.1. The van der Waals surface area contributed by atoms with Gasteiger partial charge in [-0.2, -0.15) is 0 Å². The molecule has 138 valence electrons. The average molecular weight is 366 g/mol. The minimum Gasteiger partial charge on any atom is -0.322 e. The molecule has 0 radical (unpaired) electrons. The van der Waals surface area contributed by atoms with Crippen molar-refractivity contribution in [3.8, 4) is 22.5 Å². The van der Waals surface area contributed by atoms with Gasteiger partial charge in [0, 0.05) is 17.5 Å². The number of ketones is 1. The van der Waals surface area contributed by atoms with E-state index in [0.717, 1.165) is 28.1 Å². The Kier molecular flexibility index (Phi) is 5.16. The third kappa shape index (κ3) is 3.65. The van der Waals surface area contributed by atoms with Crippen molar-refractivity contribution in [2.45, 2.75) is 19.4 Å². The smallest absolute Gasteiger partial charge is 0.132 e. The lowest BCUT2D eigenvalue weighted by Crippen LogP contribution is -2.14. The standard InChI is InChI=1S/C25H22N2O/c1-19(28)17-23(20-11-5-2-6-12-20)27-18-26-24(21-13-7-3-8-14-21)25(27)22-15-9-4-10-16-22/h2-16,18,23H,17H2,1H3. The van der Waals surface area contributed by atoms with Gasteiger partial charge in [-0.1, -0.05) is 91.0 Å². The highest BCUT2D eigenvalue weighted by molar-refractivity contribution is 5.80. The van der Waals surface area contributed by atoms with Gasteiger partial charge in [0.2, 0.25) is 0 Å². The Morgan fingerprint density at radius 2 is 1.36 bits per heavy atom. The number of Topliss-reactive ketones (excluding diaryl/α,β-unsaturated/α-hetero) is 1. The number of rotatable bonds is 6. The largest absolute Gasteiger partial charge is 0.322 e. The Labute approximate surface area is 165 Å². The molecule has 0 aliphatic rings. The van der Waals surface area contributed by atoms with Crippen LogP contribution in [0.15, 0.2) is 97.3 Å². The minimum atomic E-state index is -0.0983. The van der Waals surface area contributed by atoms with Crippen molar-refractivity contribution >= 4 is 5.78 Å². The topological polar surface area (TPSA) is 34.9 Å². The second-order valence-electron chi connectivity index (χ2n) is 6.91. The number of nitrogens with zero attached hydrogens (tertiary/aromatic N) is 2. The van der Waals surface area contributed by atoms with Crippen molar-refractivity contribution in [1.82, 2.24) is 9.55 Å². The maximum absolute atomic E-state index is 12.1. The third-order valence-electron chi connectivity index (χ3n) is 4.89. The fraction of sp³-hybridized carbons (Fsp3) is 0.120. The maximum Gasteiger partial charge on any atom is 0.132 e. The lowest BCUT2D eigenvalue weighted by molar-refractivity contribution is -0.117. The van der Waals surface area contributed by atoms with E-state index in [1.54, 1.807) is 6.92 Å². The van der Waals surface area contributed by atoms with Gasteiger partial charge in [0.15, 0.2) is 0 Å². The summed E-state index contributed by atoms with van der Waals surface area (Å²) in [5.74, 6) is 0.155. The first-order valence-electron chi connectivity index (χ1n) is 9.46. The summed E-state index contributed by atoms with van der Waals surface area (Å²) in [6.45, 7) is 1.65. The van der Waals surface area contributed by atoms with Crippen LogP contribution < -0.4 is 0 Å². The zero-order valence-corrected chi connectivity index (χ0v) is 15.8. The van der Waals surface area contributed by atoms with Gasteiger partial charge >= 0.3 is 0 Å². The third-order valence-corrected chi connectivity index (χ3v) is 4.89. The first-order chi connectivity index (χ1) is 13.7. The molecule has 0 aliphatic carbocycles. The Balaban J connectivity index is 1.93. The second-order valence-corrected chi connectivity index (χ2v) is 6.91. The van der Waals surface area contributed by atoms with Gasteiger partial charge in [-0.25, -0.2) is 4.98 Å². The first kappa shape index (κ1) is 17.9. The van der Waals surface area contributed by atoms with E-state index >= 15 is 0 Å². The van der Waals surface area contributed by atoms with Gasteiger partial charge in [-0.3, -0.25) is 4.79 Å². The van der Waals surface area contributed by atoms with Crippen LogP contribution in [0.5, 0.6) is 0 Å². The molecule has 1 atom stereocenters. The Morgan fingerprint density at radius 3 is 1.93 bits per heavy atom. The Bertz CT molecular complexity index is 1050. The van der Waals surface area contributed by atoms with Crippen LogP contribution in [0.3, 0.4) is 0 Å². The molecule has 4 aromatic rings. The van der Waals surface area contributed by atoms with Crippen LogP contribution in [-0.2, 0) is 4.79 Å². The van der Waals surface area contributed by atoms with Gasteiger partial charge in [0.25, 0.3) is 0 Å². The molecule has 0 saturated heterocycles. The van der Waals surface area contributed by atoms with Crippen molar-refractivity contribution in [3.05, 3.63) is 103 Å². The molecule has 28 heavy (non-hydrogen) atoms. The summed E-state index contributed by atoms with van der Waals surface area (Å²) >= 11 is 0. The SMILES string of the molecule is CC(=O)CC(c1ccccc1)n1cnc(-c2ccccc2)c1-c1ccccc1. The summed E-state index contributed by atoms with van der Waals surface area (Å²) in [5, 5.41) is 0. The van der Waals surface area contributed by atoms with Crippen molar-refractivity contribution < 1.29 is 4.79 Å². The fourth-order valence-electron chi connectivity index (χ4n) is 3.61. The highest BCUT2D eigenvalue weighted by Gasteiger charge is 2.23. The van der Waals surface area contributed by atoms with Crippen LogP contribution in [-0.4, -0.2) is 15.3 Å². The molecule has 0 amide bonds. The minimum absolute atomic E-state index is 0.0983. The zero-order chi connectivity index (χ0) is 19.3. The number of hydrogen-bond donors (Lipinski definition) is 0. The highest BCUT2D eigenvalue weighted by atomic mass is 16.1. The predicted octanol–water partition coefficient (Wildman–Crippen LogP) is 5.79. The molecule has 3 nitrogen and oxygen atoms in total. The van der Waals surface area contributed by atoms with Gasteiger partial charge in [0.05, 0.1) is 23.8 Å².